The lowest BCUT2D eigenvalue weighted by molar-refractivity contribution is -0.120. The molecule has 1 atom stereocenters. The topological polar surface area (TPSA) is 49.4 Å². The van der Waals surface area contributed by atoms with Gasteiger partial charge in [0.1, 0.15) is 0 Å². The zero-order chi connectivity index (χ0) is 16.8. The lowest BCUT2D eigenvalue weighted by atomic mass is 9.99. The molecule has 2 rings (SSSR count). The second-order valence-corrected chi connectivity index (χ2v) is 6.58. The lowest BCUT2D eigenvalue weighted by Gasteiger charge is -2.31. The zero-order valence-electron chi connectivity index (χ0n) is 14.5. The van der Waals surface area contributed by atoms with Crippen molar-refractivity contribution in [2.45, 2.75) is 46.5 Å². The van der Waals surface area contributed by atoms with Crippen molar-refractivity contribution in [1.29, 1.82) is 0 Å². The fourth-order valence-corrected chi connectivity index (χ4v) is 3.19. The summed E-state index contributed by atoms with van der Waals surface area (Å²) in [5.41, 5.74) is 1.36. The maximum Gasteiger partial charge on any atom is 0.253 e. The van der Waals surface area contributed by atoms with Crippen molar-refractivity contribution in [1.82, 2.24) is 4.90 Å². The van der Waals surface area contributed by atoms with Crippen LogP contribution in [-0.2, 0) is 4.79 Å². The summed E-state index contributed by atoms with van der Waals surface area (Å²) in [6, 6.07) is 7.30. The second-order valence-electron chi connectivity index (χ2n) is 6.58. The molecule has 1 N–H and O–H groups in total. The van der Waals surface area contributed by atoms with E-state index in [1.807, 2.05) is 36.9 Å². The van der Waals surface area contributed by atoms with Gasteiger partial charge in [-0.2, -0.15) is 0 Å². The molecule has 1 saturated heterocycles. The van der Waals surface area contributed by atoms with Gasteiger partial charge in [0.2, 0.25) is 5.91 Å². The Labute approximate surface area is 139 Å². The Morgan fingerprint density at radius 3 is 2.70 bits per heavy atom. The highest BCUT2D eigenvalue weighted by atomic mass is 16.2. The number of piperidine rings is 1. The van der Waals surface area contributed by atoms with Crippen LogP contribution < -0.4 is 5.32 Å². The first kappa shape index (κ1) is 17.5. The van der Waals surface area contributed by atoms with Crippen LogP contribution in [0.1, 0.15) is 56.8 Å². The summed E-state index contributed by atoms with van der Waals surface area (Å²) >= 11 is 0. The molecule has 1 aliphatic heterocycles. The lowest BCUT2D eigenvalue weighted by Crippen LogP contribution is -2.39. The zero-order valence-corrected chi connectivity index (χ0v) is 14.5. The first-order valence-electron chi connectivity index (χ1n) is 8.75. The number of carbonyl (C=O) groups is 2. The number of hydrogen-bond donors (Lipinski definition) is 1. The van der Waals surface area contributed by atoms with Crippen LogP contribution in [0.25, 0.3) is 0 Å². The van der Waals surface area contributed by atoms with E-state index in [0.717, 1.165) is 32.4 Å². The van der Waals surface area contributed by atoms with Crippen molar-refractivity contribution < 1.29 is 9.59 Å². The molecular formula is C19H28N2O2. The van der Waals surface area contributed by atoms with Gasteiger partial charge in [0.05, 0.1) is 0 Å². The predicted octanol–water partition coefficient (Wildman–Crippen LogP) is 3.93. The van der Waals surface area contributed by atoms with Crippen molar-refractivity contribution in [2.24, 2.45) is 11.8 Å². The highest BCUT2D eigenvalue weighted by molar-refractivity contribution is 5.97. The summed E-state index contributed by atoms with van der Waals surface area (Å²) < 4.78 is 0. The largest absolute Gasteiger partial charge is 0.338 e. The van der Waals surface area contributed by atoms with E-state index < -0.39 is 0 Å². The van der Waals surface area contributed by atoms with Crippen molar-refractivity contribution in [3.63, 3.8) is 0 Å². The van der Waals surface area contributed by atoms with Gasteiger partial charge >= 0.3 is 0 Å². The SMILES string of the molecule is CCC(CC)C(=O)Nc1cccc(C(=O)N2CCC[C@@H](C)C2)c1. The number of nitrogens with one attached hydrogen (secondary N) is 1. The van der Waals surface area contributed by atoms with E-state index in [4.69, 9.17) is 0 Å². The molecule has 0 spiro atoms. The third kappa shape index (κ3) is 4.57. The van der Waals surface area contributed by atoms with Gasteiger partial charge in [0.25, 0.3) is 5.91 Å². The third-order valence-corrected chi connectivity index (χ3v) is 4.68. The van der Waals surface area contributed by atoms with E-state index in [9.17, 15) is 9.59 Å². The summed E-state index contributed by atoms with van der Waals surface area (Å²) in [7, 11) is 0. The maximum absolute atomic E-state index is 12.6. The normalized spacial score (nSPS) is 18.1. The minimum atomic E-state index is 0.0253. The van der Waals surface area contributed by atoms with E-state index in [1.165, 1.54) is 6.42 Å². The molecule has 0 saturated carbocycles. The molecule has 0 bridgehead atoms. The van der Waals surface area contributed by atoms with Crippen LogP contribution in [0.5, 0.6) is 0 Å². The van der Waals surface area contributed by atoms with E-state index in [2.05, 4.69) is 12.2 Å². The Kier molecular flexibility index (Phi) is 6.20. The van der Waals surface area contributed by atoms with Crippen LogP contribution in [0.3, 0.4) is 0 Å². The monoisotopic (exact) mass is 316 g/mol. The van der Waals surface area contributed by atoms with Gasteiger partial charge in [-0.3, -0.25) is 9.59 Å². The summed E-state index contributed by atoms with van der Waals surface area (Å²) in [5, 5.41) is 2.94. The fourth-order valence-electron chi connectivity index (χ4n) is 3.19. The third-order valence-electron chi connectivity index (χ3n) is 4.68. The molecule has 0 radical (unpaired) electrons. The van der Waals surface area contributed by atoms with Gasteiger partial charge in [-0.15, -0.1) is 0 Å². The van der Waals surface area contributed by atoms with Crippen LogP contribution in [0.2, 0.25) is 0 Å². The number of amides is 2. The first-order valence-corrected chi connectivity index (χ1v) is 8.75. The van der Waals surface area contributed by atoms with Gasteiger partial charge in [-0.05, 0) is 49.8 Å². The van der Waals surface area contributed by atoms with Crippen LogP contribution in [0, 0.1) is 11.8 Å². The molecule has 4 nitrogen and oxygen atoms in total. The molecule has 126 valence electrons. The van der Waals surface area contributed by atoms with Crippen LogP contribution in [0.4, 0.5) is 5.69 Å². The number of carbonyl (C=O) groups excluding carboxylic acids is 2. The molecule has 0 unspecified atom stereocenters. The number of nitrogens with zero attached hydrogens (tertiary/aromatic N) is 1. The van der Waals surface area contributed by atoms with Crippen LogP contribution in [-0.4, -0.2) is 29.8 Å². The molecule has 1 heterocycles. The van der Waals surface area contributed by atoms with Crippen LogP contribution in [0.15, 0.2) is 24.3 Å². The highest BCUT2D eigenvalue weighted by Gasteiger charge is 2.22. The summed E-state index contributed by atoms with van der Waals surface area (Å²) in [6.07, 6.45) is 3.91. The molecule has 1 aromatic rings. The van der Waals surface area contributed by atoms with E-state index in [-0.39, 0.29) is 17.7 Å². The number of rotatable bonds is 5. The van der Waals surface area contributed by atoms with Gasteiger partial charge in [-0.25, -0.2) is 0 Å². The Bertz CT molecular complexity index is 552. The van der Waals surface area contributed by atoms with Crippen molar-refractivity contribution in [3.05, 3.63) is 29.8 Å². The summed E-state index contributed by atoms with van der Waals surface area (Å²) in [6.45, 7) is 7.87. The fraction of sp³-hybridized carbons (Fsp3) is 0.579. The quantitative estimate of drug-likeness (QED) is 0.894. The molecule has 0 aromatic heterocycles. The van der Waals surface area contributed by atoms with Crippen molar-refractivity contribution >= 4 is 17.5 Å². The van der Waals surface area contributed by atoms with Gasteiger partial charge < -0.3 is 10.2 Å². The number of anilines is 1. The van der Waals surface area contributed by atoms with Gasteiger partial charge in [0, 0.05) is 30.3 Å². The molecule has 1 aliphatic rings. The molecule has 2 amide bonds. The molecular weight excluding hydrogens is 288 g/mol. The second kappa shape index (κ2) is 8.14. The summed E-state index contributed by atoms with van der Waals surface area (Å²) in [5.74, 6) is 0.684. The molecule has 1 aromatic carbocycles. The number of benzene rings is 1. The minimum Gasteiger partial charge on any atom is -0.338 e. The number of likely N-dealkylation sites (tertiary alicyclic amines) is 1. The smallest absolute Gasteiger partial charge is 0.253 e. The predicted molar refractivity (Wildman–Crippen MR) is 93.4 cm³/mol. The highest BCUT2D eigenvalue weighted by Crippen LogP contribution is 2.20. The standard InChI is InChI=1S/C19H28N2O2/c1-4-15(5-2)18(22)20-17-10-6-9-16(12-17)19(23)21-11-7-8-14(3)13-21/h6,9-10,12,14-15H,4-5,7-8,11,13H2,1-3H3,(H,20,22)/t14-/m1/s1. The molecule has 23 heavy (non-hydrogen) atoms. The maximum atomic E-state index is 12.6. The Hall–Kier alpha value is -1.84. The van der Waals surface area contributed by atoms with Gasteiger partial charge in [0.15, 0.2) is 0 Å². The van der Waals surface area contributed by atoms with Crippen molar-refractivity contribution in [3.8, 4) is 0 Å². The Balaban J connectivity index is 2.07. The van der Waals surface area contributed by atoms with E-state index >= 15 is 0 Å². The Morgan fingerprint density at radius 2 is 2.04 bits per heavy atom. The molecule has 1 fully saturated rings. The molecule has 0 aliphatic carbocycles. The Morgan fingerprint density at radius 1 is 1.30 bits per heavy atom. The first-order chi connectivity index (χ1) is 11.0. The van der Waals surface area contributed by atoms with Gasteiger partial charge in [-0.1, -0.05) is 26.8 Å². The average molecular weight is 316 g/mol. The number of hydrogen-bond acceptors (Lipinski definition) is 2. The average Bonchev–Trinajstić information content (AvgIpc) is 2.55. The summed E-state index contributed by atoms with van der Waals surface area (Å²) in [4.78, 5) is 26.8. The van der Waals surface area contributed by atoms with Crippen molar-refractivity contribution in [2.75, 3.05) is 18.4 Å². The van der Waals surface area contributed by atoms with E-state index in [0.29, 0.717) is 17.2 Å². The minimum absolute atomic E-state index is 0.0253. The van der Waals surface area contributed by atoms with E-state index in [1.54, 1.807) is 6.07 Å². The van der Waals surface area contributed by atoms with Crippen LogP contribution >= 0.6 is 0 Å². The molecule has 4 heteroatoms.